The summed E-state index contributed by atoms with van der Waals surface area (Å²) in [5.74, 6) is -0.342. The van der Waals surface area contributed by atoms with Crippen LogP contribution in [0, 0.1) is 0 Å². The van der Waals surface area contributed by atoms with Gasteiger partial charge in [-0.15, -0.1) is 0 Å². The molecule has 0 bridgehead atoms. The second-order valence-corrected chi connectivity index (χ2v) is 3.05. The predicted molar refractivity (Wildman–Crippen MR) is 42.1 cm³/mol. The van der Waals surface area contributed by atoms with Crippen molar-refractivity contribution in [3.05, 3.63) is 12.3 Å². The summed E-state index contributed by atoms with van der Waals surface area (Å²) in [5, 5.41) is 2.68. The Bertz CT molecular complexity index is 237. The molecule has 0 aromatic rings. The number of carbonyl (C=O) groups is 2. The van der Waals surface area contributed by atoms with Crippen LogP contribution in [-0.4, -0.2) is 17.4 Å². The van der Waals surface area contributed by atoms with Gasteiger partial charge in [-0.05, 0) is 13.0 Å². The minimum atomic E-state index is -0.361. The van der Waals surface area contributed by atoms with Gasteiger partial charge in [-0.3, -0.25) is 9.59 Å². The fraction of sp³-hybridized carbons (Fsp3) is 0.500. The molecule has 0 radical (unpaired) electrons. The summed E-state index contributed by atoms with van der Waals surface area (Å²) in [4.78, 5) is 20.9. The van der Waals surface area contributed by atoms with Crippen LogP contribution >= 0.6 is 0 Å². The lowest BCUT2D eigenvalue weighted by Gasteiger charge is -2.35. The Balaban J connectivity index is 2.36. The third-order valence-corrected chi connectivity index (χ3v) is 1.62. The Morgan fingerprint density at radius 2 is 2.33 bits per heavy atom. The molecular weight excluding hydrogens is 158 g/mol. The minimum absolute atomic E-state index is 0.0185. The lowest BCUT2D eigenvalue weighted by molar-refractivity contribution is -0.135. The fourth-order valence-electron chi connectivity index (χ4n) is 1.01. The number of ether oxygens (including phenoxy) is 1. The number of amides is 1. The lowest BCUT2D eigenvalue weighted by Crippen LogP contribution is -2.57. The zero-order valence-corrected chi connectivity index (χ0v) is 7.09. The van der Waals surface area contributed by atoms with E-state index < -0.39 is 0 Å². The normalized spacial score (nSPS) is 28.0. The highest BCUT2D eigenvalue weighted by molar-refractivity contribution is 5.85. The molecule has 0 aliphatic carbocycles. The van der Waals surface area contributed by atoms with Crippen LogP contribution in [0.1, 0.15) is 20.3 Å². The summed E-state index contributed by atoms with van der Waals surface area (Å²) in [6.45, 7) is 3.18. The predicted octanol–water partition coefficient (Wildman–Crippen LogP) is 0.342. The van der Waals surface area contributed by atoms with Crippen molar-refractivity contribution >= 4 is 11.9 Å². The molecule has 1 heterocycles. The first-order chi connectivity index (χ1) is 5.52. The molecular formula is C8H11NO3. The summed E-state index contributed by atoms with van der Waals surface area (Å²) in [7, 11) is 0. The SMILES string of the molecule is CC(=O)OC=CC1(C)CC(=O)N1. The van der Waals surface area contributed by atoms with Crippen LogP contribution in [-0.2, 0) is 14.3 Å². The highest BCUT2D eigenvalue weighted by Crippen LogP contribution is 2.20. The van der Waals surface area contributed by atoms with Gasteiger partial charge >= 0.3 is 5.97 Å². The zero-order chi connectivity index (χ0) is 9.19. The summed E-state index contributed by atoms with van der Waals surface area (Å²) in [6, 6.07) is 0. The van der Waals surface area contributed by atoms with Crippen molar-refractivity contribution in [1.82, 2.24) is 5.32 Å². The Labute approximate surface area is 70.6 Å². The van der Waals surface area contributed by atoms with Crippen molar-refractivity contribution in [3.63, 3.8) is 0 Å². The molecule has 0 spiro atoms. The van der Waals surface area contributed by atoms with E-state index in [0.29, 0.717) is 6.42 Å². The second kappa shape index (κ2) is 2.97. The molecule has 1 fully saturated rings. The summed E-state index contributed by atoms with van der Waals surface area (Å²) >= 11 is 0. The van der Waals surface area contributed by atoms with E-state index in [0.717, 1.165) is 0 Å². The van der Waals surface area contributed by atoms with Crippen LogP contribution in [0.25, 0.3) is 0 Å². The van der Waals surface area contributed by atoms with Gasteiger partial charge in [-0.25, -0.2) is 0 Å². The van der Waals surface area contributed by atoms with E-state index in [9.17, 15) is 9.59 Å². The summed E-state index contributed by atoms with van der Waals surface area (Å²) in [6.07, 6.45) is 3.42. The Hall–Kier alpha value is -1.32. The van der Waals surface area contributed by atoms with Gasteiger partial charge in [0.1, 0.15) is 0 Å². The Morgan fingerprint density at radius 3 is 2.75 bits per heavy atom. The number of carbonyl (C=O) groups excluding carboxylic acids is 2. The smallest absolute Gasteiger partial charge is 0.307 e. The first kappa shape index (κ1) is 8.77. The van der Waals surface area contributed by atoms with Crippen LogP contribution in [0.3, 0.4) is 0 Å². The maximum Gasteiger partial charge on any atom is 0.307 e. The molecule has 0 aromatic carbocycles. The molecule has 1 amide bonds. The number of nitrogens with one attached hydrogen (secondary N) is 1. The van der Waals surface area contributed by atoms with Crippen molar-refractivity contribution < 1.29 is 14.3 Å². The largest absolute Gasteiger partial charge is 0.435 e. The van der Waals surface area contributed by atoms with E-state index in [2.05, 4.69) is 10.1 Å². The number of esters is 1. The third-order valence-electron chi connectivity index (χ3n) is 1.62. The van der Waals surface area contributed by atoms with E-state index in [-0.39, 0.29) is 17.4 Å². The second-order valence-electron chi connectivity index (χ2n) is 3.05. The van der Waals surface area contributed by atoms with Gasteiger partial charge < -0.3 is 10.1 Å². The quantitative estimate of drug-likeness (QED) is 0.368. The van der Waals surface area contributed by atoms with E-state index in [1.165, 1.54) is 13.2 Å². The molecule has 1 N–H and O–H groups in total. The number of rotatable bonds is 2. The van der Waals surface area contributed by atoms with Gasteiger partial charge in [0.05, 0.1) is 18.2 Å². The Kier molecular flexibility index (Phi) is 2.17. The minimum Gasteiger partial charge on any atom is -0.435 e. The van der Waals surface area contributed by atoms with Gasteiger partial charge in [0.25, 0.3) is 0 Å². The van der Waals surface area contributed by atoms with E-state index >= 15 is 0 Å². The third kappa shape index (κ3) is 2.08. The average Bonchev–Trinajstić information content (AvgIpc) is 1.83. The summed E-state index contributed by atoms with van der Waals surface area (Å²) < 4.78 is 4.58. The van der Waals surface area contributed by atoms with Gasteiger partial charge in [-0.1, -0.05) is 0 Å². The van der Waals surface area contributed by atoms with Crippen LogP contribution in [0.4, 0.5) is 0 Å². The molecule has 0 aromatic heterocycles. The van der Waals surface area contributed by atoms with Crippen molar-refractivity contribution in [2.75, 3.05) is 0 Å². The highest BCUT2D eigenvalue weighted by atomic mass is 16.5. The first-order valence-electron chi connectivity index (χ1n) is 3.68. The van der Waals surface area contributed by atoms with Gasteiger partial charge in [0.2, 0.25) is 5.91 Å². The number of β-lactam (4-membered cyclic amide) rings is 1. The maximum absolute atomic E-state index is 10.6. The van der Waals surface area contributed by atoms with Crippen molar-refractivity contribution in [1.29, 1.82) is 0 Å². The van der Waals surface area contributed by atoms with Crippen molar-refractivity contribution in [2.45, 2.75) is 25.8 Å². The molecule has 1 aliphatic rings. The maximum atomic E-state index is 10.6. The van der Waals surface area contributed by atoms with Crippen molar-refractivity contribution in [2.24, 2.45) is 0 Å². The molecule has 1 unspecified atom stereocenters. The molecule has 1 rings (SSSR count). The Morgan fingerprint density at radius 1 is 1.75 bits per heavy atom. The molecule has 1 saturated heterocycles. The number of hydrogen-bond donors (Lipinski definition) is 1. The van der Waals surface area contributed by atoms with Crippen LogP contribution in [0.5, 0.6) is 0 Å². The van der Waals surface area contributed by atoms with Gasteiger partial charge in [0, 0.05) is 6.92 Å². The molecule has 4 nitrogen and oxygen atoms in total. The lowest BCUT2D eigenvalue weighted by atomic mass is 9.90. The standard InChI is InChI=1S/C8H11NO3/c1-6(10)12-4-3-8(2)5-7(11)9-8/h3-4H,5H2,1-2H3,(H,9,11). The molecule has 1 atom stereocenters. The molecule has 4 heteroatoms. The van der Waals surface area contributed by atoms with Crippen LogP contribution in [0.2, 0.25) is 0 Å². The first-order valence-corrected chi connectivity index (χ1v) is 3.68. The van der Waals surface area contributed by atoms with Crippen molar-refractivity contribution in [3.8, 4) is 0 Å². The van der Waals surface area contributed by atoms with Gasteiger partial charge in [-0.2, -0.15) is 0 Å². The highest BCUT2D eigenvalue weighted by Gasteiger charge is 2.35. The van der Waals surface area contributed by atoms with E-state index in [4.69, 9.17) is 0 Å². The van der Waals surface area contributed by atoms with E-state index in [1.54, 1.807) is 6.08 Å². The molecule has 12 heavy (non-hydrogen) atoms. The van der Waals surface area contributed by atoms with Gasteiger partial charge in [0.15, 0.2) is 0 Å². The average molecular weight is 169 g/mol. The summed E-state index contributed by atoms with van der Waals surface area (Å²) in [5.41, 5.74) is -0.327. The van der Waals surface area contributed by atoms with E-state index in [1.807, 2.05) is 6.92 Å². The van der Waals surface area contributed by atoms with Crippen LogP contribution in [0.15, 0.2) is 12.3 Å². The molecule has 66 valence electrons. The zero-order valence-electron chi connectivity index (χ0n) is 7.09. The van der Waals surface area contributed by atoms with Crippen LogP contribution < -0.4 is 5.32 Å². The topological polar surface area (TPSA) is 55.4 Å². The molecule has 0 saturated carbocycles. The monoisotopic (exact) mass is 169 g/mol. The fourth-order valence-corrected chi connectivity index (χ4v) is 1.01. The molecule has 1 aliphatic heterocycles. The number of hydrogen-bond acceptors (Lipinski definition) is 3.